The molecule has 3 unspecified atom stereocenters. The number of likely N-dealkylation sites (N-methyl/N-ethyl adjacent to an activating group) is 1. The number of benzene rings is 1. The van der Waals surface area contributed by atoms with Gasteiger partial charge in [0.1, 0.15) is 18.2 Å². The van der Waals surface area contributed by atoms with Gasteiger partial charge >= 0.3 is 0 Å². The highest BCUT2D eigenvalue weighted by molar-refractivity contribution is 6.34. The van der Waals surface area contributed by atoms with Gasteiger partial charge in [-0.2, -0.15) is 5.26 Å². The minimum atomic E-state index is -0.762. The van der Waals surface area contributed by atoms with Crippen molar-refractivity contribution in [1.29, 1.82) is 5.26 Å². The fourth-order valence-corrected chi connectivity index (χ4v) is 3.73. The number of nitrogens with zero attached hydrogens (tertiary/aromatic N) is 4. The zero-order valence-corrected chi connectivity index (χ0v) is 19.9. The van der Waals surface area contributed by atoms with Crippen LogP contribution in [-0.4, -0.2) is 46.8 Å². The van der Waals surface area contributed by atoms with Crippen LogP contribution in [0.1, 0.15) is 43.4 Å². The van der Waals surface area contributed by atoms with Crippen molar-refractivity contribution in [2.24, 2.45) is 5.92 Å². The summed E-state index contributed by atoms with van der Waals surface area (Å²) in [6, 6.07) is 6.98. The van der Waals surface area contributed by atoms with Gasteiger partial charge in [-0.3, -0.25) is 14.5 Å². The van der Waals surface area contributed by atoms with Gasteiger partial charge in [0.25, 0.3) is 0 Å². The highest BCUT2D eigenvalue weighted by Gasteiger charge is 2.31. The number of aromatic nitrogens is 2. The molecular formula is C22H26Cl2N6O2. The smallest absolute Gasteiger partial charge is 0.243 e. The third kappa shape index (κ3) is 6.89. The van der Waals surface area contributed by atoms with Crippen LogP contribution in [0, 0.1) is 17.2 Å². The second-order valence-corrected chi connectivity index (χ2v) is 8.51. The maximum Gasteiger partial charge on any atom is 0.243 e. The fraction of sp³-hybridized carbons (Fsp3) is 0.409. The molecule has 0 aliphatic heterocycles. The highest BCUT2D eigenvalue weighted by Crippen LogP contribution is 2.26. The molecule has 0 radical (unpaired) electrons. The van der Waals surface area contributed by atoms with Gasteiger partial charge in [-0.15, -0.1) is 0 Å². The molecule has 1 aromatic heterocycles. The van der Waals surface area contributed by atoms with Gasteiger partial charge in [0, 0.05) is 16.2 Å². The first-order valence-corrected chi connectivity index (χ1v) is 10.8. The summed E-state index contributed by atoms with van der Waals surface area (Å²) in [6.07, 6.45) is 2.14. The van der Waals surface area contributed by atoms with E-state index < -0.39 is 12.1 Å². The molecule has 0 aliphatic carbocycles. The largest absolute Gasteiger partial charge is 0.349 e. The van der Waals surface area contributed by atoms with Crippen LogP contribution in [0.25, 0.3) is 0 Å². The fourth-order valence-electron chi connectivity index (χ4n) is 3.19. The predicted molar refractivity (Wildman–Crippen MR) is 123 cm³/mol. The second kappa shape index (κ2) is 11.8. The van der Waals surface area contributed by atoms with E-state index in [4.69, 9.17) is 28.5 Å². The van der Waals surface area contributed by atoms with Crippen molar-refractivity contribution in [3.8, 4) is 6.07 Å². The molecular weight excluding hydrogens is 451 g/mol. The number of hydrogen-bond donors (Lipinski definition) is 2. The summed E-state index contributed by atoms with van der Waals surface area (Å²) >= 11 is 12.2. The maximum absolute atomic E-state index is 13.2. The maximum atomic E-state index is 13.2. The zero-order valence-electron chi connectivity index (χ0n) is 18.4. The van der Waals surface area contributed by atoms with Gasteiger partial charge in [0.2, 0.25) is 17.6 Å². The summed E-state index contributed by atoms with van der Waals surface area (Å²) in [6.45, 7) is 3.95. The molecule has 0 aliphatic rings. The quantitative estimate of drug-likeness (QED) is 0.574. The Morgan fingerprint density at radius 2 is 1.84 bits per heavy atom. The van der Waals surface area contributed by atoms with Crippen LogP contribution in [-0.2, 0) is 16.1 Å². The van der Waals surface area contributed by atoms with Crippen LogP contribution in [0.3, 0.4) is 0 Å². The summed E-state index contributed by atoms with van der Waals surface area (Å²) < 4.78 is 0. The first-order valence-electron chi connectivity index (χ1n) is 10.1. The normalized spacial score (nSPS) is 13.7. The van der Waals surface area contributed by atoms with E-state index in [0.29, 0.717) is 27.7 Å². The molecule has 10 heteroatoms. The van der Waals surface area contributed by atoms with E-state index in [2.05, 4.69) is 20.6 Å². The van der Waals surface area contributed by atoms with Crippen LogP contribution >= 0.6 is 23.2 Å². The number of nitriles is 1. The van der Waals surface area contributed by atoms with E-state index in [9.17, 15) is 9.59 Å². The lowest BCUT2D eigenvalue weighted by Gasteiger charge is -2.29. The van der Waals surface area contributed by atoms with E-state index in [1.54, 1.807) is 43.3 Å². The number of carbonyl (C=O) groups is 2. The first-order chi connectivity index (χ1) is 15.2. The standard InChI is InChI=1S/C22H26Cl2N6O2/c1-5-13(2)19(21(31)27-12-17-6-7-26-18(11-25)28-17)29-22(32)20(30(3)4)14-8-15(23)10-16(24)9-14/h6-10,13,19-20H,5,12H2,1-4H3,(H,27,31)(H,29,32). The molecule has 1 aromatic carbocycles. The molecule has 2 rings (SSSR count). The minimum Gasteiger partial charge on any atom is -0.349 e. The molecule has 0 saturated heterocycles. The highest BCUT2D eigenvalue weighted by atomic mass is 35.5. The van der Waals surface area contributed by atoms with E-state index in [-0.39, 0.29) is 30.1 Å². The molecule has 0 saturated carbocycles. The number of amides is 2. The Hall–Kier alpha value is -2.73. The van der Waals surface area contributed by atoms with Crippen molar-refractivity contribution in [2.45, 2.75) is 38.9 Å². The molecule has 0 spiro atoms. The van der Waals surface area contributed by atoms with Crippen LogP contribution < -0.4 is 10.6 Å². The van der Waals surface area contributed by atoms with E-state index in [0.717, 1.165) is 0 Å². The SMILES string of the molecule is CCC(C)C(NC(=O)C(c1cc(Cl)cc(Cl)c1)N(C)C)C(=O)NCc1ccnc(C#N)n1. The molecule has 0 bridgehead atoms. The molecule has 2 amide bonds. The monoisotopic (exact) mass is 476 g/mol. The lowest BCUT2D eigenvalue weighted by atomic mass is 9.97. The van der Waals surface area contributed by atoms with Crippen molar-refractivity contribution in [3.05, 3.63) is 57.6 Å². The Morgan fingerprint density at radius 3 is 2.41 bits per heavy atom. The van der Waals surface area contributed by atoms with Crippen molar-refractivity contribution in [3.63, 3.8) is 0 Å². The third-order valence-corrected chi connectivity index (χ3v) is 5.45. The van der Waals surface area contributed by atoms with Crippen LogP contribution in [0.4, 0.5) is 0 Å². The predicted octanol–water partition coefficient (Wildman–Crippen LogP) is 3.11. The Morgan fingerprint density at radius 1 is 1.19 bits per heavy atom. The molecule has 8 nitrogen and oxygen atoms in total. The van der Waals surface area contributed by atoms with Gasteiger partial charge in [0.15, 0.2) is 0 Å². The first kappa shape index (κ1) is 25.5. The van der Waals surface area contributed by atoms with Crippen molar-refractivity contribution < 1.29 is 9.59 Å². The van der Waals surface area contributed by atoms with Gasteiger partial charge in [0.05, 0.1) is 12.2 Å². The van der Waals surface area contributed by atoms with Crippen LogP contribution in [0.5, 0.6) is 0 Å². The molecule has 2 N–H and O–H groups in total. The molecule has 2 aromatic rings. The summed E-state index contributed by atoms with van der Waals surface area (Å²) in [5, 5.41) is 15.4. The molecule has 1 heterocycles. The molecule has 3 atom stereocenters. The summed E-state index contributed by atoms with van der Waals surface area (Å²) in [5.41, 5.74) is 1.12. The van der Waals surface area contributed by atoms with E-state index in [1.807, 2.05) is 19.9 Å². The summed E-state index contributed by atoms with van der Waals surface area (Å²) in [7, 11) is 3.53. The van der Waals surface area contributed by atoms with Crippen LogP contribution in [0.2, 0.25) is 10.0 Å². The van der Waals surface area contributed by atoms with Crippen molar-refractivity contribution in [1.82, 2.24) is 25.5 Å². The molecule has 32 heavy (non-hydrogen) atoms. The van der Waals surface area contributed by atoms with E-state index in [1.165, 1.54) is 6.20 Å². The number of carbonyl (C=O) groups excluding carboxylic acids is 2. The second-order valence-electron chi connectivity index (χ2n) is 7.64. The average Bonchev–Trinajstić information content (AvgIpc) is 2.74. The van der Waals surface area contributed by atoms with Crippen LogP contribution in [0.15, 0.2) is 30.5 Å². The molecule has 170 valence electrons. The minimum absolute atomic E-state index is 0.0255. The zero-order chi connectivity index (χ0) is 23.8. The topological polar surface area (TPSA) is 111 Å². The lowest BCUT2D eigenvalue weighted by Crippen LogP contribution is -2.52. The molecule has 0 fully saturated rings. The Kier molecular flexibility index (Phi) is 9.39. The summed E-state index contributed by atoms with van der Waals surface area (Å²) in [5.74, 6) is -0.781. The number of rotatable bonds is 9. The lowest BCUT2D eigenvalue weighted by molar-refractivity contribution is -0.132. The van der Waals surface area contributed by atoms with Gasteiger partial charge in [-0.25, -0.2) is 9.97 Å². The number of halogens is 2. The number of nitrogens with one attached hydrogen (secondary N) is 2. The average molecular weight is 477 g/mol. The Bertz CT molecular complexity index is 988. The van der Waals surface area contributed by atoms with Crippen molar-refractivity contribution >= 4 is 35.0 Å². The Balaban J connectivity index is 2.19. The van der Waals surface area contributed by atoms with Gasteiger partial charge in [-0.05, 0) is 49.8 Å². The van der Waals surface area contributed by atoms with Gasteiger partial charge in [-0.1, -0.05) is 43.5 Å². The number of hydrogen-bond acceptors (Lipinski definition) is 6. The van der Waals surface area contributed by atoms with E-state index >= 15 is 0 Å². The summed E-state index contributed by atoms with van der Waals surface area (Å²) in [4.78, 5) is 35.8. The Labute approximate surface area is 197 Å². The van der Waals surface area contributed by atoms with Crippen molar-refractivity contribution in [2.75, 3.05) is 14.1 Å². The van der Waals surface area contributed by atoms with Gasteiger partial charge < -0.3 is 10.6 Å². The third-order valence-electron chi connectivity index (χ3n) is 5.02.